The number of rotatable bonds is 6. The lowest BCUT2D eigenvalue weighted by Gasteiger charge is -2.22. The predicted molar refractivity (Wildman–Crippen MR) is 79.7 cm³/mol. The van der Waals surface area contributed by atoms with Gasteiger partial charge in [0.1, 0.15) is 5.75 Å². The van der Waals surface area contributed by atoms with Gasteiger partial charge in [0, 0.05) is 12.6 Å². The van der Waals surface area contributed by atoms with Gasteiger partial charge in [-0.05, 0) is 37.6 Å². The molecule has 0 saturated heterocycles. The molecule has 0 aromatic heterocycles. The number of carbonyl (C=O) groups is 1. The van der Waals surface area contributed by atoms with Crippen LogP contribution in [-0.2, 0) is 11.3 Å². The minimum Gasteiger partial charge on any atom is -0.484 e. The number of hydrogen-bond acceptors (Lipinski definition) is 3. The highest BCUT2D eigenvalue weighted by Crippen LogP contribution is 2.17. The SMILES string of the molecule is CNCc1cccc(OCC(=O)NC2CCCCC2)c1. The largest absolute Gasteiger partial charge is 0.484 e. The van der Waals surface area contributed by atoms with Crippen molar-refractivity contribution in [3.8, 4) is 5.75 Å². The van der Waals surface area contributed by atoms with Crippen LogP contribution in [0.3, 0.4) is 0 Å². The van der Waals surface area contributed by atoms with Gasteiger partial charge in [0.2, 0.25) is 0 Å². The Kier molecular flexibility index (Phi) is 5.87. The third-order valence-electron chi connectivity index (χ3n) is 3.62. The molecule has 0 unspecified atom stereocenters. The maximum absolute atomic E-state index is 11.8. The van der Waals surface area contributed by atoms with Gasteiger partial charge in [-0.1, -0.05) is 31.4 Å². The first kappa shape index (κ1) is 14.9. The summed E-state index contributed by atoms with van der Waals surface area (Å²) in [5.41, 5.74) is 1.15. The van der Waals surface area contributed by atoms with Crippen LogP contribution in [0.2, 0.25) is 0 Å². The van der Waals surface area contributed by atoms with E-state index >= 15 is 0 Å². The van der Waals surface area contributed by atoms with Gasteiger partial charge in [0.05, 0.1) is 0 Å². The van der Waals surface area contributed by atoms with Gasteiger partial charge in [0.15, 0.2) is 6.61 Å². The van der Waals surface area contributed by atoms with E-state index in [-0.39, 0.29) is 12.5 Å². The van der Waals surface area contributed by atoms with Crippen molar-refractivity contribution in [3.63, 3.8) is 0 Å². The Bertz CT molecular complexity index is 428. The first-order valence-electron chi connectivity index (χ1n) is 7.43. The monoisotopic (exact) mass is 276 g/mol. The van der Waals surface area contributed by atoms with Crippen LogP contribution in [-0.4, -0.2) is 25.6 Å². The number of hydrogen-bond donors (Lipinski definition) is 2. The summed E-state index contributed by atoms with van der Waals surface area (Å²) in [7, 11) is 1.91. The van der Waals surface area contributed by atoms with E-state index in [4.69, 9.17) is 4.74 Å². The van der Waals surface area contributed by atoms with E-state index in [1.807, 2.05) is 31.3 Å². The Labute approximate surface area is 120 Å². The fourth-order valence-corrected chi connectivity index (χ4v) is 2.61. The van der Waals surface area contributed by atoms with Crippen LogP contribution in [0.5, 0.6) is 5.75 Å². The Morgan fingerprint density at radius 2 is 2.10 bits per heavy atom. The summed E-state index contributed by atoms with van der Waals surface area (Å²) in [4.78, 5) is 11.8. The topological polar surface area (TPSA) is 50.4 Å². The molecule has 1 aromatic rings. The zero-order valence-electron chi connectivity index (χ0n) is 12.2. The van der Waals surface area contributed by atoms with Crippen LogP contribution >= 0.6 is 0 Å². The highest BCUT2D eigenvalue weighted by molar-refractivity contribution is 5.77. The van der Waals surface area contributed by atoms with Crippen LogP contribution < -0.4 is 15.4 Å². The summed E-state index contributed by atoms with van der Waals surface area (Å²) in [5.74, 6) is 0.729. The molecule has 0 aliphatic heterocycles. The molecule has 0 atom stereocenters. The predicted octanol–water partition coefficient (Wildman–Crippen LogP) is 2.23. The van der Waals surface area contributed by atoms with Crippen LogP contribution in [0.4, 0.5) is 0 Å². The lowest BCUT2D eigenvalue weighted by Crippen LogP contribution is -2.38. The molecular formula is C16H24N2O2. The van der Waals surface area contributed by atoms with Crippen molar-refractivity contribution in [2.24, 2.45) is 0 Å². The molecule has 4 heteroatoms. The second-order valence-corrected chi connectivity index (χ2v) is 5.37. The van der Waals surface area contributed by atoms with E-state index in [1.165, 1.54) is 19.3 Å². The number of carbonyl (C=O) groups excluding carboxylic acids is 1. The Morgan fingerprint density at radius 3 is 2.85 bits per heavy atom. The minimum absolute atomic E-state index is 0.0177. The molecular weight excluding hydrogens is 252 g/mol. The Balaban J connectivity index is 1.76. The van der Waals surface area contributed by atoms with Crippen molar-refractivity contribution >= 4 is 5.91 Å². The summed E-state index contributed by atoms with van der Waals surface area (Å²) >= 11 is 0. The van der Waals surface area contributed by atoms with Gasteiger partial charge in [0.25, 0.3) is 5.91 Å². The first-order chi connectivity index (χ1) is 9.78. The smallest absolute Gasteiger partial charge is 0.258 e. The van der Waals surface area contributed by atoms with Crippen molar-refractivity contribution < 1.29 is 9.53 Å². The summed E-state index contributed by atoms with van der Waals surface area (Å²) in [6.45, 7) is 0.894. The molecule has 110 valence electrons. The molecule has 4 nitrogen and oxygen atoms in total. The lowest BCUT2D eigenvalue weighted by molar-refractivity contribution is -0.124. The molecule has 0 spiro atoms. The fourth-order valence-electron chi connectivity index (χ4n) is 2.61. The van der Waals surface area contributed by atoms with Crippen molar-refractivity contribution in [2.75, 3.05) is 13.7 Å². The van der Waals surface area contributed by atoms with Crippen molar-refractivity contribution in [1.29, 1.82) is 0 Å². The first-order valence-corrected chi connectivity index (χ1v) is 7.43. The van der Waals surface area contributed by atoms with Crippen LogP contribution in [0, 0.1) is 0 Å². The highest BCUT2D eigenvalue weighted by Gasteiger charge is 2.15. The average molecular weight is 276 g/mol. The molecule has 1 aliphatic carbocycles. The van der Waals surface area contributed by atoms with Crippen LogP contribution in [0.25, 0.3) is 0 Å². The molecule has 1 fully saturated rings. The molecule has 20 heavy (non-hydrogen) atoms. The lowest BCUT2D eigenvalue weighted by atomic mass is 9.95. The van der Waals surface area contributed by atoms with E-state index in [2.05, 4.69) is 10.6 Å². The zero-order chi connectivity index (χ0) is 14.2. The van der Waals surface area contributed by atoms with E-state index < -0.39 is 0 Å². The van der Waals surface area contributed by atoms with Gasteiger partial charge in [-0.3, -0.25) is 4.79 Å². The van der Waals surface area contributed by atoms with Gasteiger partial charge in [-0.2, -0.15) is 0 Å². The van der Waals surface area contributed by atoms with E-state index in [9.17, 15) is 4.79 Å². The molecule has 0 bridgehead atoms. The van der Waals surface area contributed by atoms with Gasteiger partial charge >= 0.3 is 0 Å². The highest BCUT2D eigenvalue weighted by atomic mass is 16.5. The molecule has 1 aromatic carbocycles. The van der Waals surface area contributed by atoms with Crippen molar-refractivity contribution in [3.05, 3.63) is 29.8 Å². The van der Waals surface area contributed by atoms with E-state index in [0.717, 1.165) is 30.7 Å². The maximum Gasteiger partial charge on any atom is 0.258 e. The third kappa shape index (κ3) is 4.85. The maximum atomic E-state index is 11.8. The minimum atomic E-state index is -0.0177. The fraction of sp³-hybridized carbons (Fsp3) is 0.562. The zero-order valence-corrected chi connectivity index (χ0v) is 12.2. The standard InChI is InChI=1S/C16H24N2O2/c1-17-11-13-6-5-9-15(10-13)20-12-16(19)18-14-7-3-2-4-8-14/h5-6,9-10,14,17H,2-4,7-8,11-12H2,1H3,(H,18,19). The molecule has 2 rings (SSSR count). The Morgan fingerprint density at radius 1 is 1.30 bits per heavy atom. The van der Waals surface area contributed by atoms with E-state index in [1.54, 1.807) is 0 Å². The molecule has 1 amide bonds. The average Bonchev–Trinajstić information content (AvgIpc) is 2.47. The number of benzene rings is 1. The molecule has 1 saturated carbocycles. The Hall–Kier alpha value is -1.55. The number of ether oxygens (including phenoxy) is 1. The van der Waals surface area contributed by atoms with E-state index in [0.29, 0.717) is 6.04 Å². The second-order valence-electron chi connectivity index (χ2n) is 5.37. The molecule has 1 aliphatic rings. The third-order valence-corrected chi connectivity index (χ3v) is 3.62. The van der Waals surface area contributed by atoms with Crippen LogP contribution in [0.1, 0.15) is 37.7 Å². The number of amides is 1. The summed E-state index contributed by atoms with van der Waals surface area (Å²) in [5, 5.41) is 6.15. The van der Waals surface area contributed by atoms with Crippen molar-refractivity contribution in [1.82, 2.24) is 10.6 Å². The molecule has 2 N–H and O–H groups in total. The summed E-state index contributed by atoms with van der Waals surface area (Å²) < 4.78 is 5.56. The summed E-state index contributed by atoms with van der Waals surface area (Å²) in [6.07, 6.45) is 5.93. The van der Waals surface area contributed by atoms with Crippen molar-refractivity contribution in [2.45, 2.75) is 44.7 Å². The summed E-state index contributed by atoms with van der Waals surface area (Å²) in [6, 6.07) is 8.17. The van der Waals surface area contributed by atoms with Gasteiger partial charge in [-0.15, -0.1) is 0 Å². The normalized spacial score (nSPS) is 15.8. The molecule has 0 heterocycles. The van der Waals surface area contributed by atoms with Gasteiger partial charge in [-0.25, -0.2) is 0 Å². The second kappa shape index (κ2) is 7.90. The molecule has 0 radical (unpaired) electrons. The van der Waals surface area contributed by atoms with Gasteiger partial charge < -0.3 is 15.4 Å². The quantitative estimate of drug-likeness (QED) is 0.837. The number of nitrogens with one attached hydrogen (secondary N) is 2. The van der Waals surface area contributed by atoms with Crippen LogP contribution in [0.15, 0.2) is 24.3 Å².